The van der Waals surface area contributed by atoms with Crippen molar-refractivity contribution in [2.24, 2.45) is 7.05 Å². The number of rotatable bonds is 4. The highest BCUT2D eigenvalue weighted by Gasteiger charge is 2.24. The van der Waals surface area contributed by atoms with Gasteiger partial charge in [0.2, 0.25) is 0 Å². The van der Waals surface area contributed by atoms with E-state index in [0.29, 0.717) is 16.9 Å². The molecule has 0 saturated carbocycles. The van der Waals surface area contributed by atoms with Gasteiger partial charge in [-0.25, -0.2) is 22.7 Å². The van der Waals surface area contributed by atoms with Gasteiger partial charge in [0.15, 0.2) is 0 Å². The second-order valence-electron chi connectivity index (χ2n) is 4.76. The van der Waals surface area contributed by atoms with E-state index in [1.54, 1.807) is 10.8 Å². The number of aryl methyl sites for hydroxylation is 1. The predicted octanol–water partition coefficient (Wildman–Crippen LogP) is 1.13. The Hall–Kier alpha value is -2.13. The highest BCUT2D eigenvalue weighted by molar-refractivity contribution is 7.90. The molecule has 23 heavy (non-hydrogen) atoms. The zero-order valence-electron chi connectivity index (χ0n) is 12.5. The van der Waals surface area contributed by atoms with E-state index in [2.05, 4.69) is 5.10 Å². The molecule has 0 aliphatic heterocycles. The van der Waals surface area contributed by atoms with Gasteiger partial charge in [-0.15, -0.1) is 9.78 Å². The summed E-state index contributed by atoms with van der Waals surface area (Å²) >= 11 is 5.82. The third kappa shape index (κ3) is 3.45. The standard InChI is InChI=1S/C13H15ClN4O4S/c1-3-6-11-15-18(13(20)17(11)2)12(19)16-23(21,22)10-8-5-4-7-9(10)14/h4-5,7-8H,3,6H2,1-2H3,(H,16,19). The lowest BCUT2D eigenvalue weighted by Crippen LogP contribution is -2.40. The Morgan fingerprint density at radius 3 is 2.61 bits per heavy atom. The van der Waals surface area contributed by atoms with Crippen LogP contribution in [0.4, 0.5) is 4.79 Å². The van der Waals surface area contributed by atoms with Gasteiger partial charge in [-0.3, -0.25) is 4.57 Å². The maximum atomic E-state index is 12.2. The van der Waals surface area contributed by atoms with E-state index < -0.39 is 21.7 Å². The molecule has 0 bridgehead atoms. The molecule has 0 aliphatic rings. The summed E-state index contributed by atoms with van der Waals surface area (Å²) in [6, 6.07) is 4.50. The lowest BCUT2D eigenvalue weighted by Gasteiger charge is -2.07. The van der Waals surface area contributed by atoms with E-state index in [9.17, 15) is 18.0 Å². The molecule has 0 atom stereocenters. The Balaban J connectivity index is 2.34. The molecule has 1 amide bonds. The van der Waals surface area contributed by atoms with Gasteiger partial charge in [-0.05, 0) is 18.6 Å². The fourth-order valence-electron chi connectivity index (χ4n) is 1.93. The number of carbonyl (C=O) groups excluding carboxylic acids is 1. The van der Waals surface area contributed by atoms with Crippen molar-refractivity contribution < 1.29 is 13.2 Å². The minimum absolute atomic E-state index is 0.0344. The Bertz CT molecular complexity index is 901. The number of carbonyl (C=O) groups is 1. The Labute approximate surface area is 137 Å². The van der Waals surface area contributed by atoms with E-state index in [-0.39, 0.29) is 9.92 Å². The molecule has 1 aromatic heterocycles. The third-order valence-electron chi connectivity index (χ3n) is 3.08. The lowest BCUT2D eigenvalue weighted by molar-refractivity contribution is 0.243. The van der Waals surface area contributed by atoms with Crippen LogP contribution in [-0.4, -0.2) is 28.8 Å². The van der Waals surface area contributed by atoms with E-state index in [1.807, 2.05) is 6.92 Å². The summed E-state index contributed by atoms with van der Waals surface area (Å²) in [5.74, 6) is 0.391. The van der Waals surface area contributed by atoms with E-state index in [4.69, 9.17) is 11.6 Å². The Kier molecular flexibility index (Phi) is 4.90. The molecule has 0 saturated heterocycles. The second-order valence-corrected chi connectivity index (χ2v) is 6.82. The number of sulfonamides is 1. The number of nitrogens with one attached hydrogen (secondary N) is 1. The molecule has 8 nitrogen and oxygen atoms in total. The SMILES string of the molecule is CCCc1nn(C(=O)NS(=O)(=O)c2ccccc2Cl)c(=O)n1C. The number of hydrogen-bond acceptors (Lipinski definition) is 5. The highest BCUT2D eigenvalue weighted by Crippen LogP contribution is 2.20. The minimum atomic E-state index is -4.21. The minimum Gasteiger partial charge on any atom is -0.282 e. The van der Waals surface area contributed by atoms with Crippen molar-refractivity contribution >= 4 is 27.7 Å². The zero-order chi connectivity index (χ0) is 17.2. The fourth-order valence-corrected chi connectivity index (χ4v) is 3.38. The molecule has 1 N–H and O–H groups in total. The number of benzene rings is 1. The fraction of sp³-hybridized carbons (Fsp3) is 0.308. The van der Waals surface area contributed by atoms with Crippen LogP contribution in [0.1, 0.15) is 19.2 Å². The van der Waals surface area contributed by atoms with Crippen molar-refractivity contribution in [1.82, 2.24) is 19.1 Å². The lowest BCUT2D eigenvalue weighted by atomic mass is 10.3. The monoisotopic (exact) mass is 358 g/mol. The summed E-state index contributed by atoms with van der Waals surface area (Å²) in [5.41, 5.74) is -0.722. The summed E-state index contributed by atoms with van der Waals surface area (Å²) in [6.45, 7) is 1.89. The van der Waals surface area contributed by atoms with Gasteiger partial charge in [0, 0.05) is 13.5 Å². The van der Waals surface area contributed by atoms with Gasteiger partial charge in [-0.2, -0.15) is 0 Å². The van der Waals surface area contributed by atoms with Crippen LogP contribution >= 0.6 is 11.6 Å². The molecular formula is C13H15ClN4O4S. The van der Waals surface area contributed by atoms with Crippen LogP contribution in [0.15, 0.2) is 34.0 Å². The van der Waals surface area contributed by atoms with Crippen LogP contribution in [0, 0.1) is 0 Å². The summed E-state index contributed by atoms with van der Waals surface area (Å²) in [6.07, 6.45) is 1.22. The normalized spacial score (nSPS) is 11.4. The maximum absolute atomic E-state index is 12.2. The molecule has 2 aromatic rings. The number of hydrogen-bond donors (Lipinski definition) is 1. The first-order chi connectivity index (χ1) is 10.8. The van der Waals surface area contributed by atoms with Gasteiger partial charge < -0.3 is 0 Å². The zero-order valence-corrected chi connectivity index (χ0v) is 14.1. The van der Waals surface area contributed by atoms with E-state index >= 15 is 0 Å². The average molecular weight is 359 g/mol. The van der Waals surface area contributed by atoms with Crippen molar-refractivity contribution in [3.05, 3.63) is 45.6 Å². The van der Waals surface area contributed by atoms with Crippen molar-refractivity contribution in [2.45, 2.75) is 24.7 Å². The molecule has 0 fully saturated rings. The van der Waals surface area contributed by atoms with Crippen molar-refractivity contribution in [3.63, 3.8) is 0 Å². The van der Waals surface area contributed by atoms with E-state index in [1.165, 1.54) is 29.8 Å². The van der Waals surface area contributed by atoms with Gasteiger partial charge in [-0.1, -0.05) is 30.7 Å². The van der Waals surface area contributed by atoms with Crippen LogP contribution in [0.5, 0.6) is 0 Å². The third-order valence-corrected chi connectivity index (χ3v) is 4.90. The smallest absolute Gasteiger partial charge is 0.282 e. The van der Waals surface area contributed by atoms with Crippen LogP contribution in [-0.2, 0) is 23.5 Å². The van der Waals surface area contributed by atoms with Crippen LogP contribution in [0.25, 0.3) is 0 Å². The first-order valence-corrected chi connectivity index (χ1v) is 8.60. The molecular weight excluding hydrogens is 344 g/mol. The molecule has 1 aromatic carbocycles. The number of nitrogens with zero attached hydrogens (tertiary/aromatic N) is 3. The number of halogens is 1. The van der Waals surface area contributed by atoms with Gasteiger partial charge in [0.1, 0.15) is 10.7 Å². The number of amides is 1. The van der Waals surface area contributed by atoms with Gasteiger partial charge in [0.05, 0.1) is 5.02 Å². The highest BCUT2D eigenvalue weighted by atomic mass is 35.5. The van der Waals surface area contributed by atoms with Crippen LogP contribution in [0.2, 0.25) is 5.02 Å². The molecule has 2 rings (SSSR count). The Morgan fingerprint density at radius 2 is 2.00 bits per heavy atom. The van der Waals surface area contributed by atoms with Gasteiger partial charge >= 0.3 is 11.7 Å². The molecule has 0 unspecified atom stereocenters. The first-order valence-electron chi connectivity index (χ1n) is 6.74. The average Bonchev–Trinajstić information content (AvgIpc) is 2.76. The molecule has 0 spiro atoms. The second kappa shape index (κ2) is 6.55. The maximum Gasteiger partial charge on any atom is 0.360 e. The molecule has 0 radical (unpaired) electrons. The van der Waals surface area contributed by atoms with Gasteiger partial charge in [0.25, 0.3) is 10.0 Å². The quantitative estimate of drug-likeness (QED) is 0.882. The topological polar surface area (TPSA) is 103 Å². The molecule has 10 heteroatoms. The van der Waals surface area contributed by atoms with Crippen molar-refractivity contribution in [1.29, 1.82) is 0 Å². The summed E-state index contributed by atoms with van der Waals surface area (Å²) in [4.78, 5) is 23.8. The van der Waals surface area contributed by atoms with Crippen molar-refractivity contribution in [2.75, 3.05) is 0 Å². The van der Waals surface area contributed by atoms with Crippen LogP contribution < -0.4 is 10.4 Å². The first kappa shape index (κ1) is 17.2. The largest absolute Gasteiger partial charge is 0.360 e. The summed E-state index contributed by atoms with van der Waals surface area (Å²) in [5, 5.41) is 3.82. The van der Waals surface area contributed by atoms with E-state index in [0.717, 1.165) is 6.42 Å². The predicted molar refractivity (Wildman–Crippen MR) is 84.0 cm³/mol. The summed E-state index contributed by atoms with van der Waals surface area (Å²) in [7, 11) is -2.75. The summed E-state index contributed by atoms with van der Waals surface area (Å²) < 4.78 is 27.9. The molecule has 1 heterocycles. The molecule has 0 aliphatic carbocycles. The Morgan fingerprint density at radius 1 is 1.35 bits per heavy atom. The number of aromatic nitrogens is 3. The van der Waals surface area contributed by atoms with Crippen LogP contribution in [0.3, 0.4) is 0 Å². The molecule has 124 valence electrons. The van der Waals surface area contributed by atoms with Crippen molar-refractivity contribution in [3.8, 4) is 0 Å².